The Morgan fingerprint density at radius 3 is 2.94 bits per heavy atom. The van der Waals surface area contributed by atoms with E-state index in [1.54, 1.807) is 0 Å². The van der Waals surface area contributed by atoms with Gasteiger partial charge in [-0.2, -0.15) is 16.9 Å². The van der Waals surface area contributed by atoms with Crippen molar-refractivity contribution in [1.82, 2.24) is 14.7 Å². The summed E-state index contributed by atoms with van der Waals surface area (Å²) in [7, 11) is 2.16. The summed E-state index contributed by atoms with van der Waals surface area (Å²) in [5.41, 5.74) is 5.56. The van der Waals surface area contributed by atoms with Crippen LogP contribution >= 0.6 is 11.8 Å². The van der Waals surface area contributed by atoms with Gasteiger partial charge in [0, 0.05) is 18.8 Å². The van der Waals surface area contributed by atoms with Crippen LogP contribution in [0.15, 0.2) is 12.3 Å². The van der Waals surface area contributed by atoms with Gasteiger partial charge in [-0.15, -0.1) is 0 Å². The van der Waals surface area contributed by atoms with Crippen molar-refractivity contribution in [3.05, 3.63) is 12.3 Å². The van der Waals surface area contributed by atoms with Gasteiger partial charge in [0.15, 0.2) is 0 Å². The number of likely N-dealkylation sites (N-methyl/N-ethyl adjacent to an activating group) is 1. The second-order valence-corrected chi connectivity index (χ2v) is 5.10. The molecule has 0 spiro atoms. The normalized spacial score (nSPS) is 13.2. The van der Waals surface area contributed by atoms with Crippen LogP contribution in [0.1, 0.15) is 13.3 Å². The SMILES string of the molecule is CSCCC(C)N(C)CCn1ccc(N)n1. The maximum absolute atomic E-state index is 5.56. The van der Waals surface area contributed by atoms with Crippen LogP contribution in [0.25, 0.3) is 0 Å². The molecule has 92 valence electrons. The molecule has 0 aliphatic carbocycles. The van der Waals surface area contributed by atoms with Crippen LogP contribution in [0.4, 0.5) is 5.82 Å². The number of hydrogen-bond acceptors (Lipinski definition) is 4. The van der Waals surface area contributed by atoms with Gasteiger partial charge < -0.3 is 10.6 Å². The number of anilines is 1. The number of thioether (sulfide) groups is 1. The van der Waals surface area contributed by atoms with Gasteiger partial charge in [-0.05, 0) is 38.5 Å². The molecule has 5 heteroatoms. The van der Waals surface area contributed by atoms with Gasteiger partial charge in [0.25, 0.3) is 0 Å². The van der Waals surface area contributed by atoms with Crippen LogP contribution in [0, 0.1) is 0 Å². The molecule has 4 nitrogen and oxygen atoms in total. The minimum absolute atomic E-state index is 0.595. The first-order chi connectivity index (χ1) is 7.63. The highest BCUT2D eigenvalue weighted by molar-refractivity contribution is 7.98. The van der Waals surface area contributed by atoms with E-state index in [-0.39, 0.29) is 0 Å². The lowest BCUT2D eigenvalue weighted by atomic mass is 10.2. The number of nitrogens with zero attached hydrogens (tertiary/aromatic N) is 3. The van der Waals surface area contributed by atoms with E-state index in [1.807, 2.05) is 28.7 Å². The van der Waals surface area contributed by atoms with E-state index in [1.165, 1.54) is 12.2 Å². The molecule has 0 saturated heterocycles. The second-order valence-electron chi connectivity index (χ2n) is 4.11. The zero-order valence-electron chi connectivity index (χ0n) is 10.4. The van der Waals surface area contributed by atoms with Gasteiger partial charge in [-0.3, -0.25) is 4.68 Å². The van der Waals surface area contributed by atoms with Crippen LogP contribution in [0.5, 0.6) is 0 Å². The van der Waals surface area contributed by atoms with E-state index >= 15 is 0 Å². The number of hydrogen-bond donors (Lipinski definition) is 1. The highest BCUT2D eigenvalue weighted by Gasteiger charge is 2.08. The molecule has 1 aromatic heterocycles. The predicted octanol–water partition coefficient (Wildman–Crippen LogP) is 1.54. The lowest BCUT2D eigenvalue weighted by molar-refractivity contribution is 0.240. The van der Waals surface area contributed by atoms with Crippen LogP contribution in [0.3, 0.4) is 0 Å². The minimum atomic E-state index is 0.595. The van der Waals surface area contributed by atoms with E-state index in [2.05, 4.69) is 30.2 Å². The second kappa shape index (κ2) is 6.81. The van der Waals surface area contributed by atoms with Crippen molar-refractivity contribution in [2.24, 2.45) is 0 Å². The Hall–Kier alpha value is -0.680. The Morgan fingerprint density at radius 2 is 2.38 bits per heavy atom. The Balaban J connectivity index is 2.26. The van der Waals surface area contributed by atoms with E-state index in [4.69, 9.17) is 5.73 Å². The first-order valence-corrected chi connectivity index (χ1v) is 7.01. The molecule has 1 atom stereocenters. The van der Waals surface area contributed by atoms with Gasteiger partial charge in [-0.25, -0.2) is 0 Å². The number of nitrogens with two attached hydrogens (primary N) is 1. The molecule has 1 unspecified atom stereocenters. The predicted molar refractivity (Wildman–Crippen MR) is 71.7 cm³/mol. The average molecular weight is 242 g/mol. The standard InChI is InChI=1S/C11H22N4S/c1-10(5-9-16-3)14(2)7-8-15-6-4-11(12)13-15/h4,6,10H,5,7-9H2,1-3H3,(H2,12,13). The molecule has 0 fully saturated rings. The van der Waals surface area contributed by atoms with E-state index in [0.29, 0.717) is 11.9 Å². The van der Waals surface area contributed by atoms with Crippen molar-refractivity contribution in [1.29, 1.82) is 0 Å². The molecule has 0 aromatic carbocycles. The molecule has 0 aliphatic heterocycles. The first kappa shape index (κ1) is 13.4. The fourth-order valence-electron chi connectivity index (χ4n) is 1.49. The highest BCUT2D eigenvalue weighted by atomic mass is 32.2. The number of aromatic nitrogens is 2. The van der Waals surface area contributed by atoms with Gasteiger partial charge in [0.05, 0.1) is 6.54 Å². The monoisotopic (exact) mass is 242 g/mol. The summed E-state index contributed by atoms with van der Waals surface area (Å²) < 4.78 is 1.90. The molecule has 0 radical (unpaired) electrons. The molecule has 1 rings (SSSR count). The maximum atomic E-state index is 5.56. The van der Waals surface area contributed by atoms with Crippen molar-refractivity contribution in [3.8, 4) is 0 Å². The summed E-state index contributed by atoms with van der Waals surface area (Å²) in [6.45, 7) is 4.18. The molecule has 0 saturated carbocycles. The van der Waals surface area contributed by atoms with Gasteiger partial charge in [0.2, 0.25) is 0 Å². The molecular weight excluding hydrogens is 220 g/mol. The molecule has 2 N–H and O–H groups in total. The highest BCUT2D eigenvalue weighted by Crippen LogP contribution is 2.06. The average Bonchev–Trinajstić information content (AvgIpc) is 2.68. The molecule has 0 bridgehead atoms. The van der Waals surface area contributed by atoms with Crippen LogP contribution in [-0.2, 0) is 6.54 Å². The van der Waals surface area contributed by atoms with Crippen molar-refractivity contribution in [2.45, 2.75) is 25.9 Å². The van der Waals surface area contributed by atoms with Crippen LogP contribution in [-0.4, -0.2) is 46.3 Å². The van der Waals surface area contributed by atoms with Crippen LogP contribution < -0.4 is 5.73 Å². The van der Waals surface area contributed by atoms with Crippen molar-refractivity contribution in [3.63, 3.8) is 0 Å². The Morgan fingerprint density at radius 1 is 1.62 bits per heavy atom. The zero-order valence-corrected chi connectivity index (χ0v) is 11.2. The topological polar surface area (TPSA) is 47.1 Å². The van der Waals surface area contributed by atoms with Crippen molar-refractivity contribution >= 4 is 17.6 Å². The summed E-state index contributed by atoms with van der Waals surface area (Å²) in [4.78, 5) is 2.37. The number of nitrogen functional groups attached to an aromatic ring is 1. The maximum Gasteiger partial charge on any atom is 0.145 e. The summed E-state index contributed by atoms with van der Waals surface area (Å²) in [6.07, 6.45) is 5.31. The third-order valence-electron chi connectivity index (χ3n) is 2.84. The lowest BCUT2D eigenvalue weighted by Crippen LogP contribution is -2.32. The number of rotatable bonds is 7. The van der Waals surface area contributed by atoms with Crippen molar-refractivity contribution in [2.75, 3.05) is 31.3 Å². The molecular formula is C11H22N4S. The fraction of sp³-hybridized carbons (Fsp3) is 0.727. The summed E-state index contributed by atoms with van der Waals surface area (Å²) in [5.74, 6) is 1.82. The van der Waals surface area contributed by atoms with Gasteiger partial charge >= 0.3 is 0 Å². The van der Waals surface area contributed by atoms with E-state index < -0.39 is 0 Å². The summed E-state index contributed by atoms with van der Waals surface area (Å²) >= 11 is 1.90. The zero-order chi connectivity index (χ0) is 12.0. The van der Waals surface area contributed by atoms with Crippen LogP contribution in [0.2, 0.25) is 0 Å². The van der Waals surface area contributed by atoms with Gasteiger partial charge in [0.1, 0.15) is 5.82 Å². The van der Waals surface area contributed by atoms with Gasteiger partial charge in [-0.1, -0.05) is 0 Å². The minimum Gasteiger partial charge on any atom is -0.382 e. The molecule has 0 aliphatic rings. The third kappa shape index (κ3) is 4.45. The summed E-state index contributed by atoms with van der Waals surface area (Å²) in [6, 6.07) is 2.46. The fourth-order valence-corrected chi connectivity index (χ4v) is 2.07. The third-order valence-corrected chi connectivity index (χ3v) is 3.48. The molecule has 0 amide bonds. The smallest absolute Gasteiger partial charge is 0.145 e. The lowest BCUT2D eigenvalue weighted by Gasteiger charge is -2.24. The largest absolute Gasteiger partial charge is 0.382 e. The Labute approximate surface area is 102 Å². The summed E-state index contributed by atoms with van der Waals surface area (Å²) in [5, 5.41) is 4.17. The molecule has 16 heavy (non-hydrogen) atoms. The molecule has 1 heterocycles. The quantitative estimate of drug-likeness (QED) is 0.788. The Kier molecular flexibility index (Phi) is 5.69. The Bertz CT molecular complexity index is 300. The van der Waals surface area contributed by atoms with E-state index in [9.17, 15) is 0 Å². The molecule has 1 aromatic rings. The van der Waals surface area contributed by atoms with Crippen molar-refractivity contribution < 1.29 is 0 Å². The van der Waals surface area contributed by atoms with E-state index in [0.717, 1.165) is 13.1 Å². The first-order valence-electron chi connectivity index (χ1n) is 5.61.